The van der Waals surface area contributed by atoms with Gasteiger partial charge in [0.1, 0.15) is 6.04 Å². The van der Waals surface area contributed by atoms with Crippen LogP contribution in [0.3, 0.4) is 0 Å². The normalized spacial score (nSPS) is 23.9. The number of carboxylic acids is 1. The molecule has 3 nitrogen and oxygen atoms in total. The minimum atomic E-state index is -1.54. The van der Waals surface area contributed by atoms with Crippen LogP contribution in [0.1, 0.15) is 10.9 Å². The molecule has 1 aromatic rings. The Hall–Kier alpha value is -1.21. The van der Waals surface area contributed by atoms with E-state index in [-0.39, 0.29) is 11.3 Å². The van der Waals surface area contributed by atoms with E-state index >= 15 is 0 Å². The molecule has 0 aromatic heterocycles. The van der Waals surface area contributed by atoms with Crippen molar-refractivity contribution in [3.8, 4) is 0 Å². The highest BCUT2D eigenvalue weighted by Crippen LogP contribution is 2.35. The highest BCUT2D eigenvalue weighted by atomic mass is 32.2. The van der Waals surface area contributed by atoms with E-state index in [4.69, 9.17) is 5.11 Å². The summed E-state index contributed by atoms with van der Waals surface area (Å²) in [5.41, 5.74) is -0.0716. The molecule has 0 radical (unpaired) electrons. The average Bonchev–Trinajstić information content (AvgIpc) is 2.75. The maximum Gasteiger partial charge on any atom is 0.321 e. The lowest BCUT2D eigenvalue weighted by atomic mass is 10.2. The van der Waals surface area contributed by atoms with Crippen LogP contribution >= 0.6 is 11.8 Å². The van der Waals surface area contributed by atoms with Gasteiger partial charge in [-0.25, -0.2) is 13.2 Å². The average molecular weight is 263 g/mol. The second-order valence-electron chi connectivity index (χ2n) is 3.54. The van der Waals surface area contributed by atoms with Crippen molar-refractivity contribution in [1.82, 2.24) is 5.32 Å². The molecule has 0 aliphatic carbocycles. The molecule has 1 aliphatic rings. The molecule has 0 spiro atoms. The molecular formula is C10H8F3NO2S. The van der Waals surface area contributed by atoms with Gasteiger partial charge < -0.3 is 5.11 Å². The molecule has 1 aromatic carbocycles. The number of hydrogen-bond acceptors (Lipinski definition) is 3. The molecule has 92 valence electrons. The molecule has 2 rings (SSSR count). The SMILES string of the molecule is O=C(O)[C@@H]1CS[C@H](c2ccc(F)c(F)c2F)N1. The molecule has 1 fully saturated rings. The molecule has 17 heavy (non-hydrogen) atoms. The van der Waals surface area contributed by atoms with Gasteiger partial charge in [0.15, 0.2) is 17.5 Å². The van der Waals surface area contributed by atoms with Crippen LogP contribution in [-0.2, 0) is 4.79 Å². The first-order valence-corrected chi connectivity index (χ1v) is 5.79. The number of carbonyl (C=O) groups is 1. The number of benzene rings is 1. The van der Waals surface area contributed by atoms with E-state index in [1.54, 1.807) is 0 Å². The fraction of sp³-hybridized carbons (Fsp3) is 0.300. The lowest BCUT2D eigenvalue weighted by Gasteiger charge is -2.12. The van der Waals surface area contributed by atoms with Gasteiger partial charge in [0.05, 0.1) is 5.37 Å². The van der Waals surface area contributed by atoms with Crippen LogP contribution in [-0.4, -0.2) is 22.9 Å². The van der Waals surface area contributed by atoms with E-state index < -0.39 is 34.8 Å². The van der Waals surface area contributed by atoms with Gasteiger partial charge in [-0.3, -0.25) is 10.1 Å². The molecular weight excluding hydrogens is 255 g/mol. The number of nitrogens with one attached hydrogen (secondary N) is 1. The largest absolute Gasteiger partial charge is 0.480 e. The Morgan fingerprint density at radius 3 is 2.65 bits per heavy atom. The maximum atomic E-state index is 13.4. The molecule has 0 unspecified atom stereocenters. The molecule has 1 saturated heterocycles. The van der Waals surface area contributed by atoms with Crippen LogP contribution in [0.4, 0.5) is 13.2 Å². The van der Waals surface area contributed by atoms with Gasteiger partial charge in [-0.05, 0) is 6.07 Å². The molecule has 0 amide bonds. The fourth-order valence-electron chi connectivity index (χ4n) is 1.54. The van der Waals surface area contributed by atoms with Crippen molar-refractivity contribution in [3.63, 3.8) is 0 Å². The first-order chi connectivity index (χ1) is 8.00. The third-order valence-corrected chi connectivity index (χ3v) is 3.68. The smallest absolute Gasteiger partial charge is 0.321 e. The standard InChI is InChI=1S/C10H8F3NO2S/c11-5-2-1-4(7(12)8(5)13)9-14-6(3-17-9)10(15)16/h1-2,6,9,14H,3H2,(H,15,16)/t6-,9+/m0/s1. The minimum Gasteiger partial charge on any atom is -0.480 e. The third-order valence-electron chi connectivity index (χ3n) is 2.43. The van der Waals surface area contributed by atoms with Gasteiger partial charge in [0.2, 0.25) is 0 Å². The summed E-state index contributed by atoms with van der Waals surface area (Å²) in [5.74, 6) is -4.88. The van der Waals surface area contributed by atoms with Crippen LogP contribution < -0.4 is 5.32 Å². The van der Waals surface area contributed by atoms with E-state index in [1.807, 2.05) is 0 Å². The van der Waals surface area contributed by atoms with Gasteiger partial charge in [0.25, 0.3) is 0 Å². The molecule has 0 saturated carbocycles. The van der Waals surface area contributed by atoms with Gasteiger partial charge in [-0.15, -0.1) is 11.8 Å². The van der Waals surface area contributed by atoms with Gasteiger partial charge in [-0.2, -0.15) is 0 Å². The van der Waals surface area contributed by atoms with Crippen LogP contribution in [0, 0.1) is 17.5 Å². The van der Waals surface area contributed by atoms with Crippen LogP contribution in [0.2, 0.25) is 0 Å². The summed E-state index contributed by atoms with van der Waals surface area (Å²) in [6.45, 7) is 0. The van der Waals surface area contributed by atoms with Crippen molar-refractivity contribution in [2.75, 3.05) is 5.75 Å². The summed E-state index contributed by atoms with van der Waals surface area (Å²) in [6, 6.07) is 1.13. The van der Waals surface area contributed by atoms with Crippen molar-refractivity contribution in [3.05, 3.63) is 35.1 Å². The van der Waals surface area contributed by atoms with Crippen LogP contribution in [0.25, 0.3) is 0 Å². The van der Waals surface area contributed by atoms with E-state index in [1.165, 1.54) is 0 Å². The Balaban J connectivity index is 2.25. The van der Waals surface area contributed by atoms with Crippen molar-refractivity contribution >= 4 is 17.7 Å². The van der Waals surface area contributed by atoms with Gasteiger partial charge in [-0.1, -0.05) is 6.07 Å². The predicted octanol–water partition coefficient (Wildman–Crippen LogP) is 1.89. The third kappa shape index (κ3) is 2.25. The quantitative estimate of drug-likeness (QED) is 0.800. The Kier molecular flexibility index (Phi) is 3.30. The number of thioether (sulfide) groups is 1. The van der Waals surface area contributed by atoms with Gasteiger partial charge >= 0.3 is 5.97 Å². The first-order valence-electron chi connectivity index (χ1n) is 4.74. The Morgan fingerprint density at radius 2 is 2.06 bits per heavy atom. The monoisotopic (exact) mass is 263 g/mol. The Bertz CT molecular complexity index is 469. The number of aliphatic carboxylic acids is 1. The fourth-order valence-corrected chi connectivity index (χ4v) is 2.78. The summed E-state index contributed by atoms with van der Waals surface area (Å²) in [4.78, 5) is 10.7. The lowest BCUT2D eigenvalue weighted by molar-refractivity contribution is -0.138. The first kappa shape index (κ1) is 12.3. The minimum absolute atomic E-state index is 0.0716. The van der Waals surface area contributed by atoms with Crippen molar-refractivity contribution in [1.29, 1.82) is 0 Å². The second-order valence-corrected chi connectivity index (χ2v) is 4.67. The molecule has 0 bridgehead atoms. The molecule has 1 heterocycles. The number of hydrogen-bond donors (Lipinski definition) is 2. The lowest BCUT2D eigenvalue weighted by Crippen LogP contribution is -2.34. The molecule has 2 N–H and O–H groups in total. The Labute approximate surface area is 99.0 Å². The predicted molar refractivity (Wildman–Crippen MR) is 56.1 cm³/mol. The molecule has 1 aliphatic heterocycles. The highest BCUT2D eigenvalue weighted by molar-refractivity contribution is 7.99. The topological polar surface area (TPSA) is 49.3 Å². The summed E-state index contributed by atoms with van der Waals surface area (Å²) in [6.07, 6.45) is 0. The van der Waals surface area contributed by atoms with Crippen molar-refractivity contribution in [2.45, 2.75) is 11.4 Å². The van der Waals surface area contributed by atoms with E-state index in [2.05, 4.69) is 5.32 Å². The van der Waals surface area contributed by atoms with Crippen molar-refractivity contribution < 1.29 is 23.1 Å². The van der Waals surface area contributed by atoms with Crippen molar-refractivity contribution in [2.24, 2.45) is 0 Å². The molecule has 2 atom stereocenters. The zero-order valence-electron chi connectivity index (χ0n) is 8.41. The number of rotatable bonds is 2. The zero-order valence-corrected chi connectivity index (χ0v) is 9.23. The number of carboxylic acid groups (broad SMARTS) is 1. The van der Waals surface area contributed by atoms with Gasteiger partial charge in [0, 0.05) is 11.3 Å². The zero-order chi connectivity index (χ0) is 12.6. The van der Waals surface area contributed by atoms with Crippen LogP contribution in [0.5, 0.6) is 0 Å². The summed E-state index contributed by atoms with van der Waals surface area (Å²) in [5, 5.41) is 10.7. The van der Waals surface area contributed by atoms with Crippen LogP contribution in [0.15, 0.2) is 12.1 Å². The van der Waals surface area contributed by atoms with E-state index in [9.17, 15) is 18.0 Å². The second kappa shape index (κ2) is 4.58. The summed E-state index contributed by atoms with van der Waals surface area (Å²) < 4.78 is 39.1. The maximum absolute atomic E-state index is 13.4. The highest BCUT2D eigenvalue weighted by Gasteiger charge is 2.32. The molecule has 7 heteroatoms. The van der Waals surface area contributed by atoms with E-state index in [0.29, 0.717) is 0 Å². The summed E-state index contributed by atoms with van der Waals surface area (Å²) >= 11 is 1.14. The van der Waals surface area contributed by atoms with E-state index in [0.717, 1.165) is 23.9 Å². The number of halogens is 3. The Morgan fingerprint density at radius 1 is 1.35 bits per heavy atom. The summed E-state index contributed by atoms with van der Waals surface area (Å²) in [7, 11) is 0.